The number of nitrogens with two attached hydrogens (primary N) is 1. The number of para-hydroxylation sites is 1. The first-order valence-electron chi connectivity index (χ1n) is 7.22. The molecule has 106 valence electrons. The third-order valence-electron chi connectivity index (χ3n) is 4.17. The number of hydrogen-bond donors (Lipinski definition) is 1. The summed E-state index contributed by atoms with van der Waals surface area (Å²) in [6, 6.07) is 9.86. The van der Waals surface area contributed by atoms with Gasteiger partial charge in [0.15, 0.2) is 5.76 Å². The van der Waals surface area contributed by atoms with Gasteiger partial charge in [-0.15, -0.1) is 0 Å². The number of fused-ring (bicyclic) bond motifs is 1. The van der Waals surface area contributed by atoms with E-state index >= 15 is 0 Å². The highest BCUT2D eigenvalue weighted by atomic mass is 16.3. The maximum absolute atomic E-state index is 12.7. The van der Waals surface area contributed by atoms with Crippen molar-refractivity contribution >= 4 is 16.9 Å². The van der Waals surface area contributed by atoms with Crippen molar-refractivity contribution in [3.63, 3.8) is 0 Å². The lowest BCUT2D eigenvalue weighted by molar-refractivity contribution is 0.0464. The average molecular weight is 272 g/mol. The molecule has 2 aromatic rings. The van der Waals surface area contributed by atoms with E-state index in [2.05, 4.69) is 6.92 Å². The first-order chi connectivity index (χ1) is 9.70. The number of nitrogens with zero attached hydrogens (tertiary/aromatic N) is 1. The van der Waals surface area contributed by atoms with Gasteiger partial charge in [0, 0.05) is 24.0 Å². The minimum atomic E-state index is -0.0381. The van der Waals surface area contributed by atoms with Crippen molar-refractivity contribution in [2.45, 2.75) is 38.3 Å². The molecule has 1 aromatic heterocycles. The predicted octanol–water partition coefficient (Wildman–Crippen LogP) is 2.77. The highest BCUT2D eigenvalue weighted by molar-refractivity contribution is 5.96. The van der Waals surface area contributed by atoms with Crippen molar-refractivity contribution in [1.82, 2.24) is 4.90 Å². The quantitative estimate of drug-likeness (QED) is 0.914. The van der Waals surface area contributed by atoms with Crippen molar-refractivity contribution in [3.8, 4) is 0 Å². The summed E-state index contributed by atoms with van der Waals surface area (Å²) in [5.74, 6) is 0.377. The van der Waals surface area contributed by atoms with Gasteiger partial charge in [-0.1, -0.05) is 18.2 Å². The van der Waals surface area contributed by atoms with Gasteiger partial charge in [0.25, 0.3) is 5.91 Å². The molecule has 1 aliphatic heterocycles. The van der Waals surface area contributed by atoms with E-state index < -0.39 is 0 Å². The molecule has 1 amide bonds. The molecule has 1 saturated heterocycles. The zero-order valence-corrected chi connectivity index (χ0v) is 11.7. The van der Waals surface area contributed by atoms with Gasteiger partial charge in [-0.25, -0.2) is 0 Å². The van der Waals surface area contributed by atoms with Gasteiger partial charge in [-0.3, -0.25) is 4.79 Å². The molecule has 20 heavy (non-hydrogen) atoms. The Balaban J connectivity index is 1.93. The molecule has 1 fully saturated rings. The highest BCUT2D eigenvalue weighted by Crippen LogP contribution is 2.27. The minimum Gasteiger partial charge on any atom is -0.451 e. The minimum absolute atomic E-state index is 0.0381. The van der Waals surface area contributed by atoms with Crippen molar-refractivity contribution < 1.29 is 9.21 Å². The molecule has 2 atom stereocenters. The van der Waals surface area contributed by atoms with Crippen LogP contribution in [-0.2, 0) is 0 Å². The molecule has 0 spiro atoms. The van der Waals surface area contributed by atoms with E-state index in [4.69, 9.17) is 10.2 Å². The van der Waals surface area contributed by atoms with Gasteiger partial charge in [0.05, 0.1) is 0 Å². The number of benzene rings is 1. The van der Waals surface area contributed by atoms with E-state index in [1.165, 1.54) is 0 Å². The van der Waals surface area contributed by atoms with Crippen LogP contribution in [0.4, 0.5) is 0 Å². The summed E-state index contributed by atoms with van der Waals surface area (Å²) in [7, 11) is 0. The third-order valence-corrected chi connectivity index (χ3v) is 4.17. The normalized spacial score (nSPS) is 23.2. The Morgan fingerprint density at radius 3 is 2.95 bits per heavy atom. The summed E-state index contributed by atoms with van der Waals surface area (Å²) in [6.45, 7) is 2.60. The molecule has 0 saturated carbocycles. The number of carbonyl (C=O) groups is 1. The number of furan rings is 1. The van der Waals surface area contributed by atoms with Crippen molar-refractivity contribution in [3.05, 3.63) is 36.1 Å². The second kappa shape index (κ2) is 5.29. The van der Waals surface area contributed by atoms with E-state index in [0.29, 0.717) is 12.3 Å². The number of carbonyl (C=O) groups excluding carboxylic acids is 1. The maximum atomic E-state index is 12.7. The Bertz CT molecular complexity index is 587. The van der Waals surface area contributed by atoms with Crippen LogP contribution in [0.25, 0.3) is 11.0 Å². The molecular formula is C16H20N2O2. The highest BCUT2D eigenvalue weighted by Gasteiger charge is 2.33. The van der Waals surface area contributed by atoms with Crippen LogP contribution in [0.2, 0.25) is 0 Å². The maximum Gasteiger partial charge on any atom is 0.290 e. The summed E-state index contributed by atoms with van der Waals surface area (Å²) in [4.78, 5) is 14.6. The summed E-state index contributed by atoms with van der Waals surface area (Å²) in [5, 5.41) is 0.963. The smallest absolute Gasteiger partial charge is 0.290 e. The number of piperidine rings is 1. The van der Waals surface area contributed by atoms with Gasteiger partial charge in [0.2, 0.25) is 0 Å². The van der Waals surface area contributed by atoms with E-state index in [1.807, 2.05) is 35.2 Å². The lowest BCUT2D eigenvalue weighted by Crippen LogP contribution is -2.51. The largest absolute Gasteiger partial charge is 0.451 e. The van der Waals surface area contributed by atoms with Crippen LogP contribution in [0.3, 0.4) is 0 Å². The van der Waals surface area contributed by atoms with Crippen molar-refractivity contribution in [2.75, 3.05) is 6.54 Å². The molecule has 0 aliphatic carbocycles. The van der Waals surface area contributed by atoms with Crippen LogP contribution >= 0.6 is 0 Å². The van der Waals surface area contributed by atoms with Gasteiger partial charge in [0.1, 0.15) is 5.58 Å². The summed E-state index contributed by atoms with van der Waals surface area (Å²) in [5.41, 5.74) is 6.58. The third kappa shape index (κ3) is 2.20. The number of rotatable bonds is 2. The van der Waals surface area contributed by atoms with Crippen molar-refractivity contribution in [1.29, 1.82) is 0 Å². The van der Waals surface area contributed by atoms with Crippen LogP contribution in [0.15, 0.2) is 34.7 Å². The molecule has 2 unspecified atom stereocenters. The molecule has 1 aliphatic rings. The number of hydrogen-bond acceptors (Lipinski definition) is 3. The van der Waals surface area contributed by atoms with E-state index in [0.717, 1.165) is 30.2 Å². The second-order valence-corrected chi connectivity index (χ2v) is 5.53. The molecular weight excluding hydrogens is 252 g/mol. The SMILES string of the molecule is CC1CCCC(CN)N1C(=O)c1cc2ccccc2o1. The molecule has 3 rings (SSSR count). The van der Waals surface area contributed by atoms with Crippen LogP contribution in [0.1, 0.15) is 36.7 Å². The topological polar surface area (TPSA) is 59.5 Å². The summed E-state index contributed by atoms with van der Waals surface area (Å²) >= 11 is 0. The van der Waals surface area contributed by atoms with Crippen molar-refractivity contribution in [2.24, 2.45) is 5.73 Å². The van der Waals surface area contributed by atoms with Crippen LogP contribution < -0.4 is 5.73 Å². The first kappa shape index (κ1) is 13.2. The van der Waals surface area contributed by atoms with Gasteiger partial charge in [-0.2, -0.15) is 0 Å². The lowest BCUT2D eigenvalue weighted by Gasteiger charge is -2.39. The standard InChI is InChI=1S/C16H20N2O2/c1-11-5-4-7-13(10-17)18(11)16(19)15-9-12-6-2-3-8-14(12)20-15/h2-3,6,8-9,11,13H,4-5,7,10,17H2,1H3. The fourth-order valence-corrected chi connectivity index (χ4v) is 3.10. The Labute approximate surface area is 118 Å². The molecule has 4 heteroatoms. The zero-order chi connectivity index (χ0) is 14.1. The van der Waals surface area contributed by atoms with Crippen LogP contribution in [0, 0.1) is 0 Å². The monoisotopic (exact) mass is 272 g/mol. The van der Waals surface area contributed by atoms with Crippen LogP contribution in [-0.4, -0.2) is 29.4 Å². The van der Waals surface area contributed by atoms with Crippen LogP contribution in [0.5, 0.6) is 0 Å². The summed E-state index contributed by atoms with van der Waals surface area (Å²) < 4.78 is 5.69. The second-order valence-electron chi connectivity index (χ2n) is 5.53. The van der Waals surface area contributed by atoms with E-state index in [-0.39, 0.29) is 18.0 Å². The van der Waals surface area contributed by atoms with Gasteiger partial charge < -0.3 is 15.1 Å². The Kier molecular flexibility index (Phi) is 3.49. The first-order valence-corrected chi connectivity index (χ1v) is 7.22. The Morgan fingerprint density at radius 1 is 1.40 bits per heavy atom. The lowest BCUT2D eigenvalue weighted by atomic mass is 9.96. The predicted molar refractivity (Wildman–Crippen MR) is 78.5 cm³/mol. The van der Waals surface area contributed by atoms with Gasteiger partial charge >= 0.3 is 0 Å². The Morgan fingerprint density at radius 2 is 2.20 bits per heavy atom. The average Bonchev–Trinajstić information content (AvgIpc) is 2.90. The Hall–Kier alpha value is -1.81. The molecule has 4 nitrogen and oxygen atoms in total. The van der Waals surface area contributed by atoms with E-state index in [9.17, 15) is 4.79 Å². The molecule has 0 radical (unpaired) electrons. The zero-order valence-electron chi connectivity index (χ0n) is 11.7. The number of amides is 1. The molecule has 1 aromatic carbocycles. The fourth-order valence-electron chi connectivity index (χ4n) is 3.10. The molecule has 2 N–H and O–H groups in total. The fraction of sp³-hybridized carbons (Fsp3) is 0.438. The summed E-state index contributed by atoms with van der Waals surface area (Å²) in [6.07, 6.45) is 3.14. The molecule has 2 heterocycles. The van der Waals surface area contributed by atoms with Gasteiger partial charge in [-0.05, 0) is 38.3 Å². The van der Waals surface area contributed by atoms with E-state index in [1.54, 1.807) is 0 Å². The molecule has 0 bridgehead atoms. The number of likely N-dealkylation sites (tertiary alicyclic amines) is 1.